The van der Waals surface area contributed by atoms with Crippen LogP contribution < -0.4 is 5.32 Å². The summed E-state index contributed by atoms with van der Waals surface area (Å²) in [6, 6.07) is 4.72. The van der Waals surface area contributed by atoms with E-state index in [0.717, 1.165) is 29.6 Å². The predicted octanol–water partition coefficient (Wildman–Crippen LogP) is 3.64. The predicted molar refractivity (Wildman–Crippen MR) is 77.2 cm³/mol. The maximum absolute atomic E-state index is 13.8. The van der Waals surface area contributed by atoms with Crippen LogP contribution in [0.25, 0.3) is 10.9 Å². The van der Waals surface area contributed by atoms with Crippen LogP contribution in [0.1, 0.15) is 31.0 Å². The monoisotopic (exact) mass is 278 g/mol. The summed E-state index contributed by atoms with van der Waals surface area (Å²) in [5, 5.41) is 4.32. The molecule has 0 amide bonds. The van der Waals surface area contributed by atoms with Gasteiger partial charge in [0.25, 0.3) is 0 Å². The van der Waals surface area contributed by atoms with Gasteiger partial charge in [-0.05, 0) is 63.4 Å². The van der Waals surface area contributed by atoms with Crippen molar-refractivity contribution < 1.29 is 8.78 Å². The number of aromatic nitrogens is 1. The Morgan fingerprint density at radius 2 is 2.15 bits per heavy atom. The van der Waals surface area contributed by atoms with E-state index in [4.69, 9.17) is 0 Å². The van der Waals surface area contributed by atoms with Crippen LogP contribution in [0, 0.1) is 12.7 Å². The third-order valence-corrected chi connectivity index (χ3v) is 4.41. The van der Waals surface area contributed by atoms with Crippen LogP contribution >= 0.6 is 0 Å². The van der Waals surface area contributed by atoms with Crippen LogP contribution in [0.15, 0.2) is 18.2 Å². The van der Waals surface area contributed by atoms with E-state index in [-0.39, 0.29) is 11.9 Å². The fraction of sp³-hybridized carbons (Fsp3) is 0.500. The van der Waals surface area contributed by atoms with Gasteiger partial charge in [0, 0.05) is 22.6 Å². The molecular formula is C16H20F2N2. The van der Waals surface area contributed by atoms with Gasteiger partial charge in [-0.25, -0.2) is 8.78 Å². The number of benzene rings is 1. The molecule has 1 aromatic carbocycles. The molecule has 1 saturated carbocycles. The number of rotatable bonds is 5. The Kier molecular flexibility index (Phi) is 3.28. The van der Waals surface area contributed by atoms with E-state index in [1.54, 1.807) is 0 Å². The third kappa shape index (κ3) is 2.44. The van der Waals surface area contributed by atoms with Gasteiger partial charge in [0.1, 0.15) is 11.5 Å². The molecule has 108 valence electrons. The Labute approximate surface area is 117 Å². The van der Waals surface area contributed by atoms with Crippen LogP contribution in [0.2, 0.25) is 0 Å². The largest absolute Gasteiger partial charge is 0.358 e. The molecule has 1 atom stereocenters. The van der Waals surface area contributed by atoms with E-state index >= 15 is 0 Å². The molecule has 0 saturated heterocycles. The number of H-pyrrole nitrogens is 1. The van der Waals surface area contributed by atoms with Crippen molar-refractivity contribution >= 4 is 10.9 Å². The van der Waals surface area contributed by atoms with Gasteiger partial charge in [-0.15, -0.1) is 0 Å². The standard InChI is InChI=1S/C16H20F2N2/c1-10-13(5-8-19-11(2)16(18)6-7-16)14-4-3-12(17)9-15(14)20-10/h3-4,9,11,19-20H,5-8H2,1-2H3. The zero-order chi connectivity index (χ0) is 14.3. The Balaban J connectivity index is 1.69. The Morgan fingerprint density at radius 1 is 1.40 bits per heavy atom. The highest BCUT2D eigenvalue weighted by molar-refractivity contribution is 5.84. The normalized spacial score (nSPS) is 18.4. The number of hydrogen-bond acceptors (Lipinski definition) is 1. The van der Waals surface area contributed by atoms with Gasteiger partial charge in [0.15, 0.2) is 0 Å². The lowest BCUT2D eigenvalue weighted by Gasteiger charge is -2.17. The molecule has 1 unspecified atom stereocenters. The van der Waals surface area contributed by atoms with E-state index in [1.165, 1.54) is 17.7 Å². The second kappa shape index (κ2) is 4.85. The summed E-state index contributed by atoms with van der Waals surface area (Å²) in [6.07, 6.45) is 2.16. The smallest absolute Gasteiger partial charge is 0.126 e. The number of fused-ring (bicyclic) bond motifs is 1. The van der Waals surface area contributed by atoms with Crippen molar-refractivity contribution in [2.24, 2.45) is 0 Å². The Morgan fingerprint density at radius 3 is 2.85 bits per heavy atom. The van der Waals surface area contributed by atoms with Gasteiger partial charge >= 0.3 is 0 Å². The van der Waals surface area contributed by atoms with E-state index in [0.29, 0.717) is 12.8 Å². The highest BCUT2D eigenvalue weighted by Gasteiger charge is 2.47. The molecule has 2 N–H and O–H groups in total. The summed E-state index contributed by atoms with van der Waals surface area (Å²) in [5.41, 5.74) is 2.08. The minimum atomic E-state index is -0.988. The first-order chi connectivity index (χ1) is 9.49. The number of alkyl halides is 1. The number of halogens is 2. The lowest BCUT2D eigenvalue weighted by Crippen LogP contribution is -2.37. The maximum atomic E-state index is 13.8. The number of nitrogens with one attached hydrogen (secondary N) is 2. The van der Waals surface area contributed by atoms with Gasteiger partial charge < -0.3 is 10.3 Å². The minimum absolute atomic E-state index is 0.0922. The molecule has 1 fully saturated rings. The van der Waals surface area contributed by atoms with Crippen LogP contribution in [0.4, 0.5) is 8.78 Å². The van der Waals surface area contributed by atoms with Crippen molar-refractivity contribution in [2.75, 3.05) is 6.54 Å². The van der Waals surface area contributed by atoms with E-state index in [9.17, 15) is 8.78 Å². The SMILES string of the molecule is Cc1[nH]c2cc(F)ccc2c1CCNC(C)C1(F)CC1. The molecule has 0 aliphatic heterocycles. The van der Waals surface area contributed by atoms with Crippen LogP contribution in [-0.4, -0.2) is 23.2 Å². The molecule has 1 heterocycles. The molecule has 1 aliphatic carbocycles. The van der Waals surface area contributed by atoms with Crippen molar-refractivity contribution in [2.45, 2.75) is 44.8 Å². The second-order valence-electron chi connectivity index (χ2n) is 5.88. The van der Waals surface area contributed by atoms with Gasteiger partial charge in [0.2, 0.25) is 0 Å². The Hall–Kier alpha value is -1.42. The van der Waals surface area contributed by atoms with Gasteiger partial charge in [-0.3, -0.25) is 0 Å². The maximum Gasteiger partial charge on any atom is 0.126 e. The zero-order valence-corrected chi connectivity index (χ0v) is 11.9. The summed E-state index contributed by atoms with van der Waals surface area (Å²) in [4.78, 5) is 3.21. The summed E-state index contributed by atoms with van der Waals surface area (Å²) < 4.78 is 27.0. The van der Waals surface area contributed by atoms with E-state index in [2.05, 4.69) is 10.3 Å². The van der Waals surface area contributed by atoms with Gasteiger partial charge in [0.05, 0.1) is 0 Å². The van der Waals surface area contributed by atoms with E-state index < -0.39 is 5.67 Å². The van der Waals surface area contributed by atoms with Crippen molar-refractivity contribution in [3.05, 3.63) is 35.3 Å². The molecule has 20 heavy (non-hydrogen) atoms. The van der Waals surface area contributed by atoms with Gasteiger partial charge in [-0.1, -0.05) is 0 Å². The van der Waals surface area contributed by atoms with Crippen molar-refractivity contribution in [3.8, 4) is 0 Å². The molecule has 0 spiro atoms. The fourth-order valence-corrected chi connectivity index (χ4v) is 2.83. The van der Waals surface area contributed by atoms with Gasteiger partial charge in [-0.2, -0.15) is 0 Å². The zero-order valence-electron chi connectivity index (χ0n) is 11.9. The number of aromatic amines is 1. The molecular weight excluding hydrogens is 258 g/mol. The molecule has 0 radical (unpaired) electrons. The summed E-state index contributed by atoms with van der Waals surface area (Å²) in [5.74, 6) is -0.231. The molecule has 3 rings (SSSR count). The van der Waals surface area contributed by atoms with Crippen molar-refractivity contribution in [1.82, 2.24) is 10.3 Å². The van der Waals surface area contributed by atoms with Crippen molar-refractivity contribution in [1.29, 1.82) is 0 Å². The van der Waals surface area contributed by atoms with Crippen LogP contribution in [0.3, 0.4) is 0 Å². The molecule has 1 aromatic heterocycles. The minimum Gasteiger partial charge on any atom is -0.358 e. The first kappa shape index (κ1) is 13.6. The fourth-order valence-electron chi connectivity index (χ4n) is 2.83. The number of aryl methyl sites for hydroxylation is 1. The lowest BCUT2D eigenvalue weighted by atomic mass is 10.1. The van der Waals surface area contributed by atoms with Crippen LogP contribution in [-0.2, 0) is 6.42 Å². The molecule has 2 aromatic rings. The molecule has 1 aliphatic rings. The second-order valence-corrected chi connectivity index (χ2v) is 5.88. The summed E-state index contributed by atoms with van der Waals surface area (Å²) in [6.45, 7) is 4.64. The highest BCUT2D eigenvalue weighted by atomic mass is 19.1. The summed E-state index contributed by atoms with van der Waals surface area (Å²) >= 11 is 0. The number of hydrogen-bond donors (Lipinski definition) is 2. The molecule has 2 nitrogen and oxygen atoms in total. The average Bonchev–Trinajstić information content (AvgIpc) is 3.07. The average molecular weight is 278 g/mol. The molecule has 4 heteroatoms. The Bertz CT molecular complexity index is 629. The topological polar surface area (TPSA) is 27.8 Å². The van der Waals surface area contributed by atoms with Crippen molar-refractivity contribution in [3.63, 3.8) is 0 Å². The van der Waals surface area contributed by atoms with E-state index in [1.807, 2.05) is 19.9 Å². The van der Waals surface area contributed by atoms with Crippen LogP contribution in [0.5, 0.6) is 0 Å². The highest BCUT2D eigenvalue weighted by Crippen LogP contribution is 2.42. The first-order valence-electron chi connectivity index (χ1n) is 7.18. The lowest BCUT2D eigenvalue weighted by molar-refractivity contribution is 0.237. The quantitative estimate of drug-likeness (QED) is 0.858. The first-order valence-corrected chi connectivity index (χ1v) is 7.18. The summed E-state index contributed by atoms with van der Waals surface area (Å²) in [7, 11) is 0. The molecule has 0 bridgehead atoms. The third-order valence-electron chi connectivity index (χ3n) is 4.41.